The van der Waals surface area contributed by atoms with Crippen LogP contribution in [0.2, 0.25) is 0 Å². The van der Waals surface area contributed by atoms with Gasteiger partial charge in [-0.15, -0.1) is 11.3 Å². The number of anilines is 1. The van der Waals surface area contributed by atoms with Gasteiger partial charge in [-0.1, -0.05) is 0 Å². The SMILES string of the molecule is C[C@@H]1CN(Cc2csc(NC(=O)Cc3ccsc3)n2)C[C@H](C)O1. The Morgan fingerprint density at radius 3 is 2.87 bits per heavy atom. The van der Waals surface area contributed by atoms with Crippen molar-refractivity contribution in [2.45, 2.75) is 39.0 Å². The van der Waals surface area contributed by atoms with Crippen LogP contribution in [0.1, 0.15) is 25.1 Å². The van der Waals surface area contributed by atoms with E-state index in [0.717, 1.165) is 30.9 Å². The van der Waals surface area contributed by atoms with E-state index in [1.165, 1.54) is 11.3 Å². The van der Waals surface area contributed by atoms with Gasteiger partial charge in [0.15, 0.2) is 5.13 Å². The minimum atomic E-state index is -0.0158. The molecule has 0 saturated carbocycles. The number of carbonyl (C=O) groups excluding carboxylic acids is 1. The van der Waals surface area contributed by atoms with Crippen molar-refractivity contribution >= 4 is 33.7 Å². The van der Waals surface area contributed by atoms with Gasteiger partial charge in [-0.3, -0.25) is 9.69 Å². The van der Waals surface area contributed by atoms with E-state index >= 15 is 0 Å². The molecule has 0 bridgehead atoms. The lowest BCUT2D eigenvalue weighted by Gasteiger charge is -2.34. The van der Waals surface area contributed by atoms with E-state index in [4.69, 9.17) is 4.74 Å². The minimum Gasteiger partial charge on any atom is -0.373 e. The van der Waals surface area contributed by atoms with Crippen LogP contribution in [0.3, 0.4) is 0 Å². The van der Waals surface area contributed by atoms with Gasteiger partial charge in [0.1, 0.15) is 0 Å². The van der Waals surface area contributed by atoms with Gasteiger partial charge in [-0.2, -0.15) is 11.3 Å². The molecule has 1 amide bonds. The molecule has 2 aromatic heterocycles. The fourth-order valence-electron chi connectivity index (χ4n) is 2.82. The van der Waals surface area contributed by atoms with Gasteiger partial charge in [0.05, 0.1) is 24.3 Å². The second-order valence-electron chi connectivity index (χ2n) is 5.95. The Balaban J connectivity index is 1.52. The number of morpholine rings is 1. The van der Waals surface area contributed by atoms with Crippen molar-refractivity contribution in [3.8, 4) is 0 Å². The van der Waals surface area contributed by atoms with Crippen LogP contribution in [0.15, 0.2) is 22.2 Å². The zero-order valence-corrected chi connectivity index (χ0v) is 15.0. The highest BCUT2D eigenvalue weighted by Crippen LogP contribution is 2.19. The smallest absolute Gasteiger partial charge is 0.230 e. The molecular weight excluding hydrogens is 330 g/mol. The van der Waals surface area contributed by atoms with Gasteiger partial charge in [-0.25, -0.2) is 4.98 Å². The van der Waals surface area contributed by atoms with Crippen molar-refractivity contribution in [3.05, 3.63) is 33.5 Å². The number of amides is 1. The van der Waals surface area contributed by atoms with Gasteiger partial charge in [0.25, 0.3) is 0 Å². The highest BCUT2D eigenvalue weighted by molar-refractivity contribution is 7.13. The fraction of sp³-hybridized carbons (Fsp3) is 0.500. The normalized spacial score (nSPS) is 22.2. The van der Waals surface area contributed by atoms with Gasteiger partial charge >= 0.3 is 0 Å². The molecule has 1 aliphatic heterocycles. The lowest BCUT2D eigenvalue weighted by molar-refractivity contribution is -0.115. The molecule has 124 valence electrons. The first-order chi connectivity index (χ1) is 11.1. The molecule has 23 heavy (non-hydrogen) atoms. The van der Waals surface area contributed by atoms with E-state index in [0.29, 0.717) is 11.6 Å². The topological polar surface area (TPSA) is 54.5 Å². The first-order valence-electron chi connectivity index (χ1n) is 7.71. The molecule has 7 heteroatoms. The summed E-state index contributed by atoms with van der Waals surface area (Å²) < 4.78 is 5.75. The summed E-state index contributed by atoms with van der Waals surface area (Å²) in [7, 11) is 0. The molecule has 0 aromatic carbocycles. The summed E-state index contributed by atoms with van der Waals surface area (Å²) in [4.78, 5) is 18.9. The van der Waals surface area contributed by atoms with E-state index in [9.17, 15) is 4.79 Å². The van der Waals surface area contributed by atoms with E-state index < -0.39 is 0 Å². The molecule has 2 atom stereocenters. The summed E-state index contributed by atoms with van der Waals surface area (Å²) in [6.45, 7) is 6.83. The maximum Gasteiger partial charge on any atom is 0.230 e. The first kappa shape index (κ1) is 16.6. The van der Waals surface area contributed by atoms with Crippen LogP contribution < -0.4 is 5.32 Å². The summed E-state index contributed by atoms with van der Waals surface area (Å²) in [5.41, 5.74) is 2.04. The average Bonchev–Trinajstić information content (AvgIpc) is 3.10. The Morgan fingerprint density at radius 2 is 2.17 bits per heavy atom. The predicted octanol–water partition coefficient (Wildman–Crippen LogP) is 3.00. The third-order valence-corrected chi connectivity index (χ3v) is 5.16. The fourth-order valence-corrected chi connectivity index (χ4v) is 4.21. The number of rotatable bonds is 5. The third-order valence-electron chi connectivity index (χ3n) is 3.62. The summed E-state index contributed by atoms with van der Waals surface area (Å²) in [6, 6.07) is 1.97. The second kappa shape index (κ2) is 7.53. The Hall–Kier alpha value is -1.28. The maximum atomic E-state index is 12.0. The molecule has 3 heterocycles. The Bertz CT molecular complexity index is 632. The highest BCUT2D eigenvalue weighted by Gasteiger charge is 2.22. The van der Waals surface area contributed by atoms with Crippen molar-refractivity contribution in [3.63, 3.8) is 0 Å². The number of hydrogen-bond donors (Lipinski definition) is 1. The summed E-state index contributed by atoms with van der Waals surface area (Å²) in [5, 5.41) is 9.55. The number of nitrogens with one attached hydrogen (secondary N) is 1. The third kappa shape index (κ3) is 4.84. The number of carbonyl (C=O) groups is 1. The number of aromatic nitrogens is 1. The lowest BCUT2D eigenvalue weighted by Crippen LogP contribution is -2.44. The first-order valence-corrected chi connectivity index (χ1v) is 9.54. The second-order valence-corrected chi connectivity index (χ2v) is 7.59. The minimum absolute atomic E-state index is 0.0158. The standard InChI is InChI=1S/C16H21N3O2S2/c1-11-6-19(7-12(2)21-11)8-14-10-23-16(17-14)18-15(20)5-13-3-4-22-9-13/h3-4,9-12H,5-8H2,1-2H3,(H,17,18,20)/t11-,12+. The van der Waals surface area contributed by atoms with E-state index in [1.54, 1.807) is 11.3 Å². The molecule has 0 unspecified atom stereocenters. The predicted molar refractivity (Wildman–Crippen MR) is 94.1 cm³/mol. The van der Waals surface area contributed by atoms with Crippen molar-refractivity contribution < 1.29 is 9.53 Å². The van der Waals surface area contributed by atoms with E-state index in [1.807, 2.05) is 22.2 Å². The average molecular weight is 351 g/mol. The Morgan fingerprint density at radius 1 is 1.39 bits per heavy atom. The van der Waals surface area contributed by atoms with Crippen molar-refractivity contribution in [1.29, 1.82) is 0 Å². The Kier molecular flexibility index (Phi) is 5.42. The van der Waals surface area contributed by atoms with Crippen LogP contribution in [-0.2, 0) is 22.5 Å². The maximum absolute atomic E-state index is 12.0. The van der Waals surface area contributed by atoms with Crippen LogP contribution in [0, 0.1) is 0 Å². The van der Waals surface area contributed by atoms with Crippen LogP contribution in [0.4, 0.5) is 5.13 Å². The monoisotopic (exact) mass is 351 g/mol. The molecule has 1 saturated heterocycles. The van der Waals surface area contributed by atoms with Crippen molar-refractivity contribution in [2.75, 3.05) is 18.4 Å². The summed E-state index contributed by atoms with van der Waals surface area (Å²) >= 11 is 3.09. The van der Waals surface area contributed by atoms with E-state index in [-0.39, 0.29) is 18.1 Å². The number of hydrogen-bond acceptors (Lipinski definition) is 6. The quantitative estimate of drug-likeness (QED) is 0.900. The molecule has 0 aliphatic carbocycles. The summed E-state index contributed by atoms with van der Waals surface area (Å²) in [5.74, 6) is -0.0158. The lowest BCUT2D eigenvalue weighted by atomic mass is 10.2. The van der Waals surface area contributed by atoms with E-state index in [2.05, 4.69) is 29.0 Å². The molecule has 1 N–H and O–H groups in total. The van der Waals surface area contributed by atoms with Gasteiger partial charge in [-0.05, 0) is 36.2 Å². The van der Waals surface area contributed by atoms with Gasteiger partial charge < -0.3 is 10.1 Å². The molecule has 1 aliphatic rings. The van der Waals surface area contributed by atoms with Crippen molar-refractivity contribution in [1.82, 2.24) is 9.88 Å². The van der Waals surface area contributed by atoms with Gasteiger partial charge in [0, 0.05) is 25.0 Å². The van der Waals surface area contributed by atoms with Crippen molar-refractivity contribution in [2.24, 2.45) is 0 Å². The largest absolute Gasteiger partial charge is 0.373 e. The van der Waals surface area contributed by atoms with Crippen LogP contribution in [-0.4, -0.2) is 41.1 Å². The number of thiazole rings is 1. The molecular formula is C16H21N3O2S2. The van der Waals surface area contributed by atoms with Crippen LogP contribution >= 0.6 is 22.7 Å². The number of ether oxygens (including phenoxy) is 1. The number of nitrogens with zero attached hydrogens (tertiary/aromatic N) is 2. The summed E-state index contributed by atoms with van der Waals surface area (Å²) in [6.07, 6.45) is 0.904. The molecule has 5 nitrogen and oxygen atoms in total. The molecule has 1 fully saturated rings. The van der Waals surface area contributed by atoms with Crippen LogP contribution in [0.25, 0.3) is 0 Å². The molecule has 0 spiro atoms. The Labute approximate surface area is 144 Å². The molecule has 2 aromatic rings. The highest BCUT2D eigenvalue weighted by atomic mass is 32.1. The molecule has 3 rings (SSSR count). The van der Waals surface area contributed by atoms with Gasteiger partial charge in [0.2, 0.25) is 5.91 Å². The zero-order valence-electron chi connectivity index (χ0n) is 13.3. The zero-order chi connectivity index (χ0) is 16.2. The number of thiophene rings is 1. The van der Waals surface area contributed by atoms with Crippen LogP contribution in [0.5, 0.6) is 0 Å². The molecule has 0 radical (unpaired) electrons.